The fourth-order valence-electron chi connectivity index (χ4n) is 2.27. The molecule has 0 atom stereocenters. The van der Waals surface area contributed by atoms with Crippen molar-refractivity contribution in [1.82, 2.24) is 14.7 Å². The van der Waals surface area contributed by atoms with Crippen LogP contribution in [0.15, 0.2) is 0 Å². The Balaban J connectivity index is 3.14. The van der Waals surface area contributed by atoms with E-state index in [0.29, 0.717) is 0 Å². The van der Waals surface area contributed by atoms with Crippen LogP contribution in [0, 0.1) is 0 Å². The van der Waals surface area contributed by atoms with E-state index in [1.54, 1.807) is 14.7 Å². The molecule has 0 saturated carbocycles. The topological polar surface area (TPSA) is 60.9 Å². The second-order valence-electron chi connectivity index (χ2n) is 7.38. The summed E-state index contributed by atoms with van der Waals surface area (Å²) in [5.41, 5.74) is 0. The molecule has 24 heavy (non-hydrogen) atoms. The van der Waals surface area contributed by atoms with Gasteiger partial charge in [-0.15, -0.1) is 0 Å². The van der Waals surface area contributed by atoms with Crippen LogP contribution in [0.3, 0.4) is 0 Å². The average Bonchev–Trinajstić information content (AvgIpc) is 2.41. The molecule has 3 amide bonds. The molecule has 0 aromatic carbocycles. The zero-order valence-corrected chi connectivity index (χ0v) is 21.3. The lowest BCUT2D eigenvalue weighted by molar-refractivity contribution is -0.160. The van der Waals surface area contributed by atoms with E-state index in [-0.39, 0.29) is 37.7 Å². The summed E-state index contributed by atoms with van der Waals surface area (Å²) in [7, 11) is 0. The SMILES string of the molecule is CC(C)(I)C(=O)N1CN(C(=O)C(C)(C)I)CN(C(=O)C(C)(C)I)C1. The van der Waals surface area contributed by atoms with E-state index in [4.69, 9.17) is 0 Å². The van der Waals surface area contributed by atoms with Gasteiger partial charge in [0.05, 0.1) is 30.3 Å². The molecule has 0 spiro atoms. The number of amides is 3. The highest BCUT2D eigenvalue weighted by molar-refractivity contribution is 14.1. The van der Waals surface area contributed by atoms with E-state index in [0.717, 1.165) is 0 Å². The van der Waals surface area contributed by atoms with Gasteiger partial charge in [0.15, 0.2) is 0 Å². The Labute approximate surface area is 184 Å². The Hall–Kier alpha value is 0.600. The maximum atomic E-state index is 12.7. The van der Waals surface area contributed by atoms with Gasteiger partial charge in [0.1, 0.15) is 0 Å². The summed E-state index contributed by atoms with van der Waals surface area (Å²) in [6.45, 7) is 11.6. The molecule has 6 nitrogen and oxygen atoms in total. The first-order chi connectivity index (χ1) is 10.5. The minimum absolute atomic E-state index is 0.0871. The summed E-state index contributed by atoms with van der Waals surface area (Å²) < 4.78 is -1.80. The van der Waals surface area contributed by atoms with Crippen molar-refractivity contribution in [3.05, 3.63) is 0 Å². The molecule has 0 radical (unpaired) electrons. The molecule has 1 fully saturated rings. The number of carbonyl (C=O) groups excluding carboxylic acids is 3. The molecular weight excluding hydrogens is 651 g/mol. The van der Waals surface area contributed by atoms with Gasteiger partial charge in [-0.2, -0.15) is 0 Å². The van der Waals surface area contributed by atoms with E-state index in [1.165, 1.54) is 0 Å². The van der Waals surface area contributed by atoms with Gasteiger partial charge in [-0.1, -0.05) is 67.8 Å². The lowest BCUT2D eigenvalue weighted by Crippen LogP contribution is -2.64. The summed E-state index contributed by atoms with van der Waals surface area (Å²) in [5.74, 6) is -0.261. The van der Waals surface area contributed by atoms with Crippen LogP contribution in [0.5, 0.6) is 0 Å². The van der Waals surface area contributed by atoms with Crippen molar-refractivity contribution in [2.75, 3.05) is 20.0 Å². The van der Waals surface area contributed by atoms with Crippen LogP contribution >= 0.6 is 67.8 Å². The molecule has 0 aromatic rings. The van der Waals surface area contributed by atoms with E-state index >= 15 is 0 Å². The second-order valence-corrected chi connectivity index (χ2v) is 15.5. The summed E-state index contributed by atoms with van der Waals surface area (Å²) in [5, 5.41) is 0. The molecule has 0 N–H and O–H groups in total. The fraction of sp³-hybridized carbons (Fsp3) is 0.800. The summed E-state index contributed by atoms with van der Waals surface area (Å²) in [6.07, 6.45) is 0. The number of rotatable bonds is 3. The van der Waals surface area contributed by atoms with Crippen LogP contribution in [0.2, 0.25) is 0 Å². The number of carbonyl (C=O) groups is 3. The van der Waals surface area contributed by atoms with E-state index in [1.807, 2.05) is 41.5 Å². The van der Waals surface area contributed by atoms with Crippen LogP contribution in [0.1, 0.15) is 41.5 Å². The van der Waals surface area contributed by atoms with Crippen molar-refractivity contribution in [2.45, 2.75) is 51.8 Å². The van der Waals surface area contributed by atoms with Crippen molar-refractivity contribution in [3.8, 4) is 0 Å². The maximum Gasteiger partial charge on any atom is 0.240 e. The van der Waals surface area contributed by atoms with Crippen molar-refractivity contribution >= 4 is 85.5 Å². The van der Waals surface area contributed by atoms with E-state index in [2.05, 4.69) is 67.8 Å². The van der Waals surface area contributed by atoms with Gasteiger partial charge < -0.3 is 14.7 Å². The lowest BCUT2D eigenvalue weighted by Gasteiger charge is -2.46. The number of halogens is 3. The number of hydrogen-bond acceptors (Lipinski definition) is 3. The third kappa shape index (κ3) is 5.81. The molecule has 0 aromatic heterocycles. The van der Waals surface area contributed by atoms with Crippen molar-refractivity contribution < 1.29 is 14.4 Å². The standard InChI is InChI=1S/C15H24I3N3O3/c1-13(2,16)10(22)19-7-20(11(23)14(3,4)17)9-21(8-19)12(24)15(5,6)18/h7-9H2,1-6H3. The number of nitrogens with zero attached hydrogens (tertiary/aromatic N) is 3. The van der Waals surface area contributed by atoms with Crippen molar-refractivity contribution in [2.24, 2.45) is 0 Å². The Bertz CT molecular complexity index is 451. The van der Waals surface area contributed by atoms with Gasteiger partial charge in [0.25, 0.3) is 0 Å². The molecule has 1 aliphatic rings. The van der Waals surface area contributed by atoms with Gasteiger partial charge >= 0.3 is 0 Å². The van der Waals surface area contributed by atoms with Crippen LogP contribution in [-0.4, -0.2) is 62.7 Å². The zero-order chi connectivity index (χ0) is 19.1. The molecule has 9 heteroatoms. The first-order valence-electron chi connectivity index (χ1n) is 7.50. The Kier molecular flexibility index (Phi) is 7.25. The third-order valence-corrected chi connectivity index (χ3v) is 4.80. The van der Waals surface area contributed by atoms with Crippen LogP contribution in [-0.2, 0) is 14.4 Å². The predicted octanol–water partition coefficient (Wildman–Crippen LogP) is 3.00. The molecule has 138 valence electrons. The highest BCUT2D eigenvalue weighted by Gasteiger charge is 2.41. The normalized spacial score (nSPS) is 17.1. The largest absolute Gasteiger partial charge is 0.306 e. The quantitative estimate of drug-likeness (QED) is 0.342. The highest BCUT2D eigenvalue weighted by Crippen LogP contribution is 2.27. The zero-order valence-electron chi connectivity index (χ0n) is 14.8. The van der Waals surface area contributed by atoms with Gasteiger partial charge in [-0.25, -0.2) is 0 Å². The maximum absolute atomic E-state index is 12.7. The van der Waals surface area contributed by atoms with Crippen LogP contribution in [0.4, 0.5) is 0 Å². The molecule has 1 rings (SSSR count). The minimum atomic E-state index is -0.599. The molecular formula is C15H24I3N3O3. The Morgan fingerprint density at radius 2 is 0.750 bits per heavy atom. The van der Waals surface area contributed by atoms with Gasteiger partial charge in [-0.3, -0.25) is 14.4 Å². The average molecular weight is 675 g/mol. The number of alkyl halides is 3. The lowest BCUT2D eigenvalue weighted by atomic mass is 10.1. The molecule has 1 saturated heterocycles. The first kappa shape index (κ1) is 22.6. The third-order valence-electron chi connectivity index (χ3n) is 3.41. The summed E-state index contributed by atoms with van der Waals surface area (Å²) in [4.78, 5) is 42.8. The van der Waals surface area contributed by atoms with Gasteiger partial charge in [0.2, 0.25) is 17.7 Å². The van der Waals surface area contributed by atoms with Crippen molar-refractivity contribution in [1.29, 1.82) is 0 Å². The van der Waals surface area contributed by atoms with E-state index < -0.39 is 10.3 Å². The Morgan fingerprint density at radius 3 is 0.875 bits per heavy atom. The van der Waals surface area contributed by atoms with Crippen molar-refractivity contribution in [3.63, 3.8) is 0 Å². The molecule has 1 heterocycles. The summed E-state index contributed by atoms with van der Waals surface area (Å²) >= 11 is 6.26. The highest BCUT2D eigenvalue weighted by atomic mass is 127. The first-order valence-corrected chi connectivity index (χ1v) is 10.7. The monoisotopic (exact) mass is 675 g/mol. The fourth-order valence-corrected chi connectivity index (χ4v) is 3.29. The van der Waals surface area contributed by atoms with E-state index in [9.17, 15) is 14.4 Å². The smallest absolute Gasteiger partial charge is 0.240 e. The minimum Gasteiger partial charge on any atom is -0.306 e. The number of hydrogen-bond donors (Lipinski definition) is 0. The van der Waals surface area contributed by atoms with Gasteiger partial charge in [-0.05, 0) is 41.5 Å². The molecule has 0 bridgehead atoms. The molecule has 1 aliphatic heterocycles. The Morgan fingerprint density at radius 1 is 0.583 bits per heavy atom. The van der Waals surface area contributed by atoms with Gasteiger partial charge in [0, 0.05) is 0 Å². The second kappa shape index (κ2) is 7.69. The van der Waals surface area contributed by atoms with Crippen LogP contribution < -0.4 is 0 Å². The predicted molar refractivity (Wildman–Crippen MR) is 119 cm³/mol. The van der Waals surface area contributed by atoms with Crippen LogP contribution in [0.25, 0.3) is 0 Å². The summed E-state index contributed by atoms with van der Waals surface area (Å²) in [6, 6.07) is 0. The molecule has 0 unspecified atom stereocenters. The molecule has 0 aliphatic carbocycles.